The monoisotopic (exact) mass is 270 g/mol. The van der Waals surface area contributed by atoms with E-state index < -0.39 is 0 Å². The summed E-state index contributed by atoms with van der Waals surface area (Å²) in [6, 6.07) is 0. The summed E-state index contributed by atoms with van der Waals surface area (Å²) < 4.78 is 4.84. The first-order valence-electron chi connectivity index (χ1n) is 7.23. The number of piperidine rings is 1. The Morgan fingerprint density at radius 1 is 1.26 bits per heavy atom. The van der Waals surface area contributed by atoms with Crippen LogP contribution in [0.3, 0.4) is 0 Å². The van der Waals surface area contributed by atoms with Crippen LogP contribution in [0.15, 0.2) is 0 Å². The van der Waals surface area contributed by atoms with E-state index >= 15 is 0 Å². The lowest BCUT2D eigenvalue weighted by atomic mass is 9.96. The van der Waals surface area contributed by atoms with Gasteiger partial charge >= 0.3 is 0 Å². The second-order valence-electron chi connectivity index (χ2n) is 5.09. The maximum atomic E-state index is 11.9. The number of unbranched alkanes of at least 4 members (excludes halogenated alkanes) is 2. The fourth-order valence-corrected chi connectivity index (χ4v) is 2.34. The van der Waals surface area contributed by atoms with Crippen LogP contribution < -0.4 is 5.32 Å². The summed E-state index contributed by atoms with van der Waals surface area (Å²) in [6.07, 6.45) is 4.89. The van der Waals surface area contributed by atoms with Crippen molar-refractivity contribution in [2.45, 2.75) is 39.0 Å². The fraction of sp³-hybridized carbons (Fsp3) is 0.857. The van der Waals surface area contributed by atoms with E-state index in [9.17, 15) is 9.59 Å². The highest BCUT2D eigenvalue weighted by Gasteiger charge is 2.26. The lowest BCUT2D eigenvalue weighted by Crippen LogP contribution is -2.44. The lowest BCUT2D eigenvalue weighted by Gasteiger charge is -2.31. The molecule has 0 spiro atoms. The second kappa shape index (κ2) is 8.91. The zero-order chi connectivity index (χ0) is 14.1. The molecule has 1 heterocycles. The Kier molecular flexibility index (Phi) is 7.48. The number of methoxy groups -OCH3 is 1. The van der Waals surface area contributed by atoms with Gasteiger partial charge in [-0.25, -0.2) is 0 Å². The minimum atomic E-state index is 0.0179. The molecular formula is C14H26N2O3. The van der Waals surface area contributed by atoms with E-state index in [1.807, 2.05) is 0 Å². The fourth-order valence-electron chi connectivity index (χ4n) is 2.34. The number of nitrogens with zero attached hydrogens (tertiary/aromatic N) is 1. The summed E-state index contributed by atoms with van der Waals surface area (Å²) >= 11 is 0. The van der Waals surface area contributed by atoms with Crippen molar-refractivity contribution in [1.82, 2.24) is 10.2 Å². The molecule has 5 nitrogen and oxygen atoms in total. The molecular weight excluding hydrogens is 244 g/mol. The van der Waals surface area contributed by atoms with Gasteiger partial charge in [0.15, 0.2) is 0 Å². The van der Waals surface area contributed by atoms with Crippen LogP contribution in [0.2, 0.25) is 0 Å². The summed E-state index contributed by atoms with van der Waals surface area (Å²) in [6.45, 7) is 4.38. The Bertz CT molecular complexity index is 286. The number of amides is 2. The highest BCUT2D eigenvalue weighted by molar-refractivity contribution is 5.80. The van der Waals surface area contributed by atoms with Crippen molar-refractivity contribution in [2.24, 2.45) is 5.92 Å². The average Bonchev–Trinajstić information content (AvgIpc) is 2.44. The Morgan fingerprint density at radius 3 is 2.53 bits per heavy atom. The number of nitrogens with one attached hydrogen (secondary N) is 1. The van der Waals surface area contributed by atoms with Crippen molar-refractivity contribution in [3.8, 4) is 0 Å². The SMILES string of the molecule is CCCCCNC(=O)C1CCN(C(=O)COC)CC1. The number of rotatable bonds is 7. The standard InChI is InChI=1S/C14H26N2O3/c1-3-4-5-8-15-14(18)12-6-9-16(10-7-12)13(17)11-19-2/h12H,3-11H2,1-2H3,(H,15,18). The topological polar surface area (TPSA) is 58.6 Å². The van der Waals surface area contributed by atoms with E-state index in [0.29, 0.717) is 13.1 Å². The number of carbonyl (C=O) groups excluding carboxylic acids is 2. The molecule has 0 aliphatic carbocycles. The summed E-state index contributed by atoms with van der Waals surface area (Å²) in [5, 5.41) is 2.99. The van der Waals surface area contributed by atoms with Gasteiger partial charge in [0.25, 0.3) is 0 Å². The molecule has 19 heavy (non-hydrogen) atoms. The van der Waals surface area contributed by atoms with Crippen LogP contribution in [0.5, 0.6) is 0 Å². The first kappa shape index (κ1) is 16.0. The molecule has 1 saturated heterocycles. The normalized spacial score (nSPS) is 16.4. The molecule has 0 radical (unpaired) electrons. The molecule has 0 aromatic carbocycles. The lowest BCUT2D eigenvalue weighted by molar-refractivity contribution is -0.138. The van der Waals surface area contributed by atoms with Crippen LogP contribution in [0.1, 0.15) is 39.0 Å². The van der Waals surface area contributed by atoms with Crippen LogP contribution in [-0.2, 0) is 14.3 Å². The third-order valence-corrected chi connectivity index (χ3v) is 3.57. The smallest absolute Gasteiger partial charge is 0.248 e. The Balaban J connectivity index is 2.21. The zero-order valence-corrected chi connectivity index (χ0v) is 12.1. The molecule has 110 valence electrons. The van der Waals surface area contributed by atoms with Crippen molar-refractivity contribution in [3.63, 3.8) is 0 Å². The molecule has 0 saturated carbocycles. The quantitative estimate of drug-likeness (QED) is 0.707. The van der Waals surface area contributed by atoms with Gasteiger partial charge in [0, 0.05) is 32.7 Å². The van der Waals surface area contributed by atoms with E-state index in [4.69, 9.17) is 4.74 Å². The molecule has 1 rings (SSSR count). The molecule has 0 bridgehead atoms. The maximum absolute atomic E-state index is 11.9. The van der Waals surface area contributed by atoms with E-state index in [0.717, 1.165) is 38.6 Å². The minimum absolute atomic E-state index is 0.0179. The zero-order valence-electron chi connectivity index (χ0n) is 12.1. The Hall–Kier alpha value is -1.10. The predicted molar refractivity (Wildman–Crippen MR) is 73.7 cm³/mol. The van der Waals surface area contributed by atoms with Gasteiger partial charge in [-0.05, 0) is 19.3 Å². The number of hydrogen-bond donors (Lipinski definition) is 1. The maximum Gasteiger partial charge on any atom is 0.248 e. The van der Waals surface area contributed by atoms with Gasteiger partial charge in [0.05, 0.1) is 0 Å². The van der Waals surface area contributed by atoms with Crippen LogP contribution in [0, 0.1) is 5.92 Å². The first-order chi connectivity index (χ1) is 9.19. The van der Waals surface area contributed by atoms with Crippen molar-refractivity contribution in [1.29, 1.82) is 0 Å². The molecule has 0 atom stereocenters. The minimum Gasteiger partial charge on any atom is -0.375 e. The van der Waals surface area contributed by atoms with Gasteiger partial charge in [-0.15, -0.1) is 0 Å². The molecule has 0 aromatic heterocycles. The van der Waals surface area contributed by atoms with Gasteiger partial charge in [-0.3, -0.25) is 9.59 Å². The van der Waals surface area contributed by atoms with Crippen molar-refractivity contribution in [2.75, 3.05) is 33.4 Å². The van der Waals surface area contributed by atoms with Crippen molar-refractivity contribution >= 4 is 11.8 Å². The summed E-state index contributed by atoms with van der Waals surface area (Å²) in [7, 11) is 1.52. The predicted octanol–water partition coefficient (Wildman–Crippen LogP) is 1.18. The molecule has 1 fully saturated rings. The summed E-state index contributed by atoms with van der Waals surface area (Å²) in [5.41, 5.74) is 0. The van der Waals surface area contributed by atoms with Gasteiger partial charge in [-0.1, -0.05) is 19.8 Å². The highest BCUT2D eigenvalue weighted by Crippen LogP contribution is 2.17. The van der Waals surface area contributed by atoms with Gasteiger partial charge < -0.3 is 15.0 Å². The molecule has 2 amide bonds. The second-order valence-corrected chi connectivity index (χ2v) is 5.09. The van der Waals surface area contributed by atoms with Crippen LogP contribution in [0.25, 0.3) is 0 Å². The largest absolute Gasteiger partial charge is 0.375 e. The third-order valence-electron chi connectivity index (χ3n) is 3.57. The average molecular weight is 270 g/mol. The molecule has 0 unspecified atom stereocenters. The number of likely N-dealkylation sites (tertiary alicyclic amines) is 1. The number of ether oxygens (including phenoxy) is 1. The van der Waals surface area contributed by atoms with Crippen LogP contribution in [-0.4, -0.2) is 50.1 Å². The Morgan fingerprint density at radius 2 is 1.95 bits per heavy atom. The summed E-state index contributed by atoms with van der Waals surface area (Å²) in [4.78, 5) is 25.3. The van der Waals surface area contributed by atoms with E-state index in [2.05, 4.69) is 12.2 Å². The van der Waals surface area contributed by atoms with Crippen molar-refractivity contribution < 1.29 is 14.3 Å². The Labute approximate surface area is 115 Å². The summed E-state index contributed by atoms with van der Waals surface area (Å²) in [5.74, 6) is 0.229. The van der Waals surface area contributed by atoms with E-state index in [-0.39, 0.29) is 24.3 Å². The highest BCUT2D eigenvalue weighted by atomic mass is 16.5. The van der Waals surface area contributed by atoms with Crippen LogP contribution >= 0.6 is 0 Å². The molecule has 1 N–H and O–H groups in total. The van der Waals surface area contributed by atoms with Gasteiger partial charge in [0.1, 0.15) is 6.61 Å². The molecule has 1 aliphatic heterocycles. The number of hydrogen-bond acceptors (Lipinski definition) is 3. The molecule has 0 aromatic rings. The van der Waals surface area contributed by atoms with E-state index in [1.54, 1.807) is 4.90 Å². The first-order valence-corrected chi connectivity index (χ1v) is 7.23. The third kappa shape index (κ3) is 5.59. The van der Waals surface area contributed by atoms with Gasteiger partial charge in [0.2, 0.25) is 11.8 Å². The van der Waals surface area contributed by atoms with Crippen molar-refractivity contribution in [3.05, 3.63) is 0 Å². The van der Waals surface area contributed by atoms with Gasteiger partial charge in [-0.2, -0.15) is 0 Å². The van der Waals surface area contributed by atoms with E-state index in [1.165, 1.54) is 7.11 Å². The molecule has 1 aliphatic rings. The molecule has 5 heteroatoms. The number of carbonyl (C=O) groups is 2. The van der Waals surface area contributed by atoms with Crippen LogP contribution in [0.4, 0.5) is 0 Å².